The maximum atomic E-state index is 13.0. The molecular formula is C20H29ClFN5O. The lowest BCUT2D eigenvalue weighted by Gasteiger charge is -2.35. The van der Waals surface area contributed by atoms with Crippen molar-refractivity contribution in [2.75, 3.05) is 19.6 Å². The maximum absolute atomic E-state index is 13.0. The molecule has 1 aliphatic heterocycles. The number of halogens is 2. The molecule has 1 atom stereocenters. The lowest BCUT2D eigenvalue weighted by molar-refractivity contribution is -0.121. The van der Waals surface area contributed by atoms with Crippen LogP contribution in [0, 0.1) is 5.82 Å². The molecule has 154 valence electrons. The molecule has 3 N–H and O–H groups in total. The predicted molar refractivity (Wildman–Crippen MR) is 110 cm³/mol. The second-order valence-corrected chi connectivity index (χ2v) is 7.14. The van der Waals surface area contributed by atoms with Gasteiger partial charge in [0.05, 0.1) is 12.7 Å². The Morgan fingerprint density at radius 3 is 2.75 bits per heavy atom. The van der Waals surface area contributed by atoms with E-state index < -0.39 is 0 Å². The first-order valence-electron chi connectivity index (χ1n) is 9.60. The van der Waals surface area contributed by atoms with E-state index >= 15 is 0 Å². The quantitative estimate of drug-likeness (QED) is 0.701. The van der Waals surface area contributed by atoms with Crippen LogP contribution in [0.1, 0.15) is 36.8 Å². The Labute approximate surface area is 171 Å². The van der Waals surface area contributed by atoms with Gasteiger partial charge in [-0.05, 0) is 37.1 Å². The number of piperidine rings is 1. The van der Waals surface area contributed by atoms with Crippen molar-refractivity contribution in [2.45, 2.75) is 44.8 Å². The van der Waals surface area contributed by atoms with Crippen molar-refractivity contribution in [3.63, 3.8) is 0 Å². The summed E-state index contributed by atoms with van der Waals surface area (Å²) in [6.45, 7) is 3.52. The average molecular weight is 410 g/mol. The largest absolute Gasteiger partial charge is 0.354 e. The zero-order valence-electron chi connectivity index (χ0n) is 16.0. The number of likely N-dealkylation sites (tertiary alicyclic amines) is 1. The van der Waals surface area contributed by atoms with Crippen molar-refractivity contribution in [2.24, 2.45) is 5.73 Å². The number of carbonyl (C=O) groups is 1. The number of amides is 1. The first kappa shape index (κ1) is 22.3. The molecule has 0 bridgehead atoms. The molecule has 0 spiro atoms. The highest BCUT2D eigenvalue weighted by Gasteiger charge is 2.23. The molecule has 28 heavy (non-hydrogen) atoms. The van der Waals surface area contributed by atoms with E-state index in [9.17, 15) is 9.18 Å². The third-order valence-electron chi connectivity index (χ3n) is 4.99. The summed E-state index contributed by atoms with van der Waals surface area (Å²) >= 11 is 0. The van der Waals surface area contributed by atoms with Gasteiger partial charge in [0.2, 0.25) is 5.91 Å². The zero-order valence-corrected chi connectivity index (χ0v) is 16.8. The summed E-state index contributed by atoms with van der Waals surface area (Å²) in [5.41, 5.74) is 7.60. The molecule has 1 unspecified atom stereocenters. The van der Waals surface area contributed by atoms with E-state index in [1.165, 1.54) is 25.0 Å². The van der Waals surface area contributed by atoms with Gasteiger partial charge in [0, 0.05) is 43.9 Å². The minimum Gasteiger partial charge on any atom is -0.354 e. The van der Waals surface area contributed by atoms with Gasteiger partial charge in [0.15, 0.2) is 0 Å². The van der Waals surface area contributed by atoms with Crippen LogP contribution in [-0.4, -0.2) is 46.3 Å². The van der Waals surface area contributed by atoms with E-state index in [1.807, 2.05) is 17.1 Å². The molecule has 6 nitrogen and oxygen atoms in total. The average Bonchev–Trinajstić information content (AvgIpc) is 3.10. The summed E-state index contributed by atoms with van der Waals surface area (Å²) in [5, 5.41) is 7.44. The molecule has 8 heteroatoms. The number of hydrogen-bond donors (Lipinski definition) is 2. The molecule has 1 aromatic heterocycles. The fraction of sp³-hybridized carbons (Fsp3) is 0.500. The van der Waals surface area contributed by atoms with Crippen molar-refractivity contribution in [1.82, 2.24) is 20.0 Å². The van der Waals surface area contributed by atoms with E-state index in [2.05, 4.69) is 15.3 Å². The lowest BCUT2D eigenvalue weighted by atomic mass is 10.0. The molecule has 1 aromatic carbocycles. The molecular weight excluding hydrogens is 381 g/mol. The van der Waals surface area contributed by atoms with Gasteiger partial charge in [-0.3, -0.25) is 14.4 Å². The van der Waals surface area contributed by atoms with Gasteiger partial charge in [-0.15, -0.1) is 12.4 Å². The van der Waals surface area contributed by atoms with Crippen LogP contribution in [0.4, 0.5) is 4.39 Å². The molecule has 3 rings (SSSR count). The second kappa shape index (κ2) is 11.1. The summed E-state index contributed by atoms with van der Waals surface area (Å²) in [6.07, 6.45) is 7.77. The first-order chi connectivity index (χ1) is 13.1. The van der Waals surface area contributed by atoms with Crippen LogP contribution >= 0.6 is 12.4 Å². The molecule has 2 aromatic rings. The highest BCUT2D eigenvalue weighted by Crippen LogP contribution is 2.19. The molecule has 0 radical (unpaired) electrons. The molecule has 1 aliphatic rings. The van der Waals surface area contributed by atoms with Crippen LogP contribution < -0.4 is 11.1 Å². The Morgan fingerprint density at radius 1 is 1.21 bits per heavy atom. The monoisotopic (exact) mass is 409 g/mol. The van der Waals surface area contributed by atoms with E-state index in [0.717, 1.165) is 30.6 Å². The van der Waals surface area contributed by atoms with Crippen LogP contribution in [0.5, 0.6) is 0 Å². The number of carbonyl (C=O) groups excluding carboxylic acids is 1. The topological polar surface area (TPSA) is 76.2 Å². The van der Waals surface area contributed by atoms with Gasteiger partial charge in [-0.1, -0.05) is 18.6 Å². The minimum atomic E-state index is -0.227. The van der Waals surface area contributed by atoms with Gasteiger partial charge in [0.1, 0.15) is 5.82 Å². The molecule has 0 saturated carbocycles. The summed E-state index contributed by atoms with van der Waals surface area (Å²) in [4.78, 5) is 14.1. The summed E-state index contributed by atoms with van der Waals surface area (Å²) in [5.74, 6) is -0.204. The lowest BCUT2D eigenvalue weighted by Crippen LogP contribution is -2.46. The SMILES string of the molecule is Cl.NCCC(=O)NCC1CCCCN1Cc1cnn(Cc2ccc(F)cc2)c1. The number of rotatable bonds is 8. The fourth-order valence-electron chi connectivity index (χ4n) is 3.54. The van der Waals surface area contributed by atoms with E-state index in [-0.39, 0.29) is 24.1 Å². The second-order valence-electron chi connectivity index (χ2n) is 7.14. The summed E-state index contributed by atoms with van der Waals surface area (Å²) < 4.78 is 14.9. The molecule has 2 heterocycles. The van der Waals surface area contributed by atoms with Gasteiger partial charge in [0.25, 0.3) is 0 Å². The van der Waals surface area contributed by atoms with Crippen LogP contribution in [0.2, 0.25) is 0 Å². The number of aromatic nitrogens is 2. The number of hydrogen-bond acceptors (Lipinski definition) is 4. The van der Waals surface area contributed by atoms with E-state index in [1.54, 1.807) is 12.1 Å². The standard InChI is InChI=1S/C20H28FN5O.ClH/c21-18-6-4-16(5-7-18)14-26-15-17(11-24-26)13-25-10-2-1-3-19(25)12-23-20(27)8-9-22;/h4-7,11,15,19H,1-3,8-10,12-14,22H2,(H,23,27);1H. The van der Waals surface area contributed by atoms with Crippen LogP contribution in [-0.2, 0) is 17.9 Å². The van der Waals surface area contributed by atoms with Crippen molar-refractivity contribution in [1.29, 1.82) is 0 Å². The van der Waals surface area contributed by atoms with Crippen molar-refractivity contribution >= 4 is 18.3 Å². The third kappa shape index (κ3) is 6.58. The number of nitrogens with one attached hydrogen (secondary N) is 1. The maximum Gasteiger partial charge on any atom is 0.221 e. The van der Waals surface area contributed by atoms with Gasteiger partial charge >= 0.3 is 0 Å². The van der Waals surface area contributed by atoms with Gasteiger partial charge < -0.3 is 11.1 Å². The van der Waals surface area contributed by atoms with E-state index in [4.69, 9.17) is 5.73 Å². The highest BCUT2D eigenvalue weighted by atomic mass is 35.5. The predicted octanol–water partition coefficient (Wildman–Crippen LogP) is 2.31. The highest BCUT2D eigenvalue weighted by molar-refractivity contribution is 5.85. The Morgan fingerprint density at radius 2 is 2.00 bits per heavy atom. The van der Waals surface area contributed by atoms with Gasteiger partial charge in [-0.25, -0.2) is 4.39 Å². The third-order valence-corrected chi connectivity index (χ3v) is 4.99. The fourth-order valence-corrected chi connectivity index (χ4v) is 3.54. The van der Waals surface area contributed by atoms with Crippen molar-refractivity contribution < 1.29 is 9.18 Å². The summed E-state index contributed by atoms with van der Waals surface area (Å²) in [7, 11) is 0. The Balaban J connectivity index is 0.00000280. The van der Waals surface area contributed by atoms with Crippen LogP contribution in [0.15, 0.2) is 36.7 Å². The Kier molecular flexibility index (Phi) is 8.89. The number of nitrogens with two attached hydrogens (primary N) is 1. The van der Waals surface area contributed by atoms with E-state index in [0.29, 0.717) is 32.1 Å². The Bertz CT molecular complexity index is 736. The van der Waals surface area contributed by atoms with Crippen LogP contribution in [0.3, 0.4) is 0 Å². The molecule has 1 fully saturated rings. The molecule has 0 aliphatic carbocycles. The molecule has 1 saturated heterocycles. The zero-order chi connectivity index (χ0) is 19.1. The first-order valence-corrected chi connectivity index (χ1v) is 9.60. The summed E-state index contributed by atoms with van der Waals surface area (Å²) in [6, 6.07) is 6.84. The van der Waals surface area contributed by atoms with Crippen molar-refractivity contribution in [3.05, 3.63) is 53.6 Å². The number of benzene rings is 1. The molecule has 1 amide bonds. The Hall–Kier alpha value is -1.96. The normalized spacial score (nSPS) is 17.1. The number of nitrogens with zero attached hydrogens (tertiary/aromatic N) is 3. The van der Waals surface area contributed by atoms with Gasteiger partial charge in [-0.2, -0.15) is 5.10 Å². The smallest absolute Gasteiger partial charge is 0.221 e. The van der Waals surface area contributed by atoms with Crippen LogP contribution in [0.25, 0.3) is 0 Å². The minimum absolute atomic E-state index is 0. The van der Waals surface area contributed by atoms with Crippen molar-refractivity contribution in [3.8, 4) is 0 Å².